The van der Waals surface area contributed by atoms with E-state index in [2.05, 4.69) is 60.8 Å². The Kier molecular flexibility index (Phi) is 7.94. The fourth-order valence-corrected chi connectivity index (χ4v) is 3.22. The minimum Gasteiger partial charge on any atom is -0.162 e. The summed E-state index contributed by atoms with van der Waals surface area (Å²) in [6, 6.07) is 10.7. The van der Waals surface area contributed by atoms with Gasteiger partial charge in [-0.3, -0.25) is 0 Å². The van der Waals surface area contributed by atoms with E-state index in [1.165, 1.54) is 41.4 Å². The van der Waals surface area contributed by atoms with Crippen LogP contribution in [0.4, 0.5) is 0 Å². The fraction of sp³-hybridized carbons (Fsp3) is 0.538. The Hall–Kier alpha value is -0.0800. The van der Waals surface area contributed by atoms with E-state index in [1.54, 1.807) is 0 Å². The lowest BCUT2D eigenvalue weighted by Gasteiger charge is -2.01. The van der Waals surface area contributed by atoms with Gasteiger partial charge in [0.05, 0.1) is 0 Å². The first-order valence-corrected chi connectivity index (χ1v) is 7.94. The second-order valence-corrected chi connectivity index (χ2v) is 5.83. The van der Waals surface area contributed by atoms with Gasteiger partial charge in [0.2, 0.25) is 0 Å². The summed E-state index contributed by atoms with van der Waals surface area (Å²) in [6.07, 6.45) is 2.66. The van der Waals surface area contributed by atoms with Crippen LogP contribution in [-0.2, 0) is 5.75 Å². The number of rotatable bonds is 8. The topological polar surface area (TPSA) is 0 Å². The molecule has 0 saturated carbocycles. The quantitative estimate of drug-likeness (QED) is 0.616. The molecule has 0 aliphatic rings. The van der Waals surface area contributed by atoms with Crippen LogP contribution in [0.2, 0.25) is 0 Å². The summed E-state index contributed by atoms with van der Waals surface area (Å²) < 4.78 is 0. The molecule has 1 rings (SSSR count). The zero-order chi connectivity index (χ0) is 10.8. The zero-order valence-electron chi connectivity index (χ0n) is 9.45. The first kappa shape index (κ1) is 13.0. The summed E-state index contributed by atoms with van der Waals surface area (Å²) in [7, 11) is 0. The molecule has 0 aliphatic carbocycles. The zero-order valence-corrected chi connectivity index (χ0v) is 11.1. The highest BCUT2D eigenvalue weighted by molar-refractivity contribution is 7.99. The minimum absolute atomic E-state index is 1.17. The predicted octanol–water partition coefficient (Wildman–Crippen LogP) is 4.45. The maximum Gasteiger partial charge on any atom is 0.0184 e. The largest absolute Gasteiger partial charge is 0.162 e. The monoisotopic (exact) mass is 240 g/mol. The standard InChI is InChI=1S/C13H20S2/c1-2-9-14-10-6-11-15-12-13-7-4-3-5-8-13/h3-5,7-8H,2,6,9-12H2,1H3. The molecule has 0 unspecified atom stereocenters. The Morgan fingerprint density at radius 1 is 0.933 bits per heavy atom. The lowest BCUT2D eigenvalue weighted by atomic mass is 10.2. The van der Waals surface area contributed by atoms with Crippen molar-refractivity contribution in [2.45, 2.75) is 25.5 Å². The van der Waals surface area contributed by atoms with Crippen LogP contribution < -0.4 is 0 Å². The molecule has 0 atom stereocenters. The Balaban J connectivity index is 1.93. The number of benzene rings is 1. The maximum atomic E-state index is 2.25. The summed E-state index contributed by atoms with van der Waals surface area (Å²) in [5, 5.41) is 0. The Labute approximate surface area is 102 Å². The molecule has 0 amide bonds. The third-order valence-corrected chi connectivity index (χ3v) is 4.43. The molecule has 84 valence electrons. The van der Waals surface area contributed by atoms with Crippen LogP contribution in [0.5, 0.6) is 0 Å². The van der Waals surface area contributed by atoms with Gasteiger partial charge in [0.25, 0.3) is 0 Å². The Morgan fingerprint density at radius 2 is 1.67 bits per heavy atom. The molecule has 1 aromatic rings. The molecule has 0 saturated heterocycles. The molecule has 0 heterocycles. The third-order valence-electron chi connectivity index (χ3n) is 2.04. The van der Waals surface area contributed by atoms with Crippen LogP contribution in [0.25, 0.3) is 0 Å². The van der Waals surface area contributed by atoms with Gasteiger partial charge in [0.1, 0.15) is 0 Å². The van der Waals surface area contributed by atoms with Crippen molar-refractivity contribution in [2.75, 3.05) is 17.3 Å². The first-order chi connectivity index (χ1) is 7.43. The first-order valence-electron chi connectivity index (χ1n) is 5.63. The van der Waals surface area contributed by atoms with Crippen molar-refractivity contribution in [3.05, 3.63) is 35.9 Å². The number of thioether (sulfide) groups is 2. The highest BCUT2D eigenvalue weighted by atomic mass is 32.2. The van der Waals surface area contributed by atoms with Gasteiger partial charge in [-0.2, -0.15) is 23.5 Å². The molecular weight excluding hydrogens is 220 g/mol. The van der Waals surface area contributed by atoms with Gasteiger partial charge in [-0.05, 0) is 35.7 Å². The van der Waals surface area contributed by atoms with Crippen LogP contribution >= 0.6 is 23.5 Å². The van der Waals surface area contributed by atoms with Crippen LogP contribution in [0.1, 0.15) is 25.3 Å². The van der Waals surface area contributed by atoms with Crippen molar-refractivity contribution >= 4 is 23.5 Å². The van der Waals surface area contributed by atoms with Crippen LogP contribution in [0.15, 0.2) is 30.3 Å². The summed E-state index contributed by atoms with van der Waals surface area (Å²) >= 11 is 4.14. The fourth-order valence-electron chi connectivity index (χ4n) is 1.27. The molecule has 0 nitrogen and oxygen atoms in total. The van der Waals surface area contributed by atoms with Crippen molar-refractivity contribution < 1.29 is 0 Å². The molecule has 0 fully saturated rings. The molecule has 0 aliphatic heterocycles. The van der Waals surface area contributed by atoms with Gasteiger partial charge in [-0.15, -0.1) is 0 Å². The second kappa shape index (κ2) is 9.17. The predicted molar refractivity (Wildman–Crippen MR) is 74.8 cm³/mol. The van der Waals surface area contributed by atoms with E-state index in [4.69, 9.17) is 0 Å². The Bertz CT molecular complexity index is 234. The van der Waals surface area contributed by atoms with E-state index in [-0.39, 0.29) is 0 Å². The average Bonchev–Trinajstić information content (AvgIpc) is 2.29. The second-order valence-electron chi connectivity index (χ2n) is 3.50. The van der Waals surface area contributed by atoms with Gasteiger partial charge in [-0.1, -0.05) is 37.3 Å². The highest BCUT2D eigenvalue weighted by Gasteiger charge is 1.93. The van der Waals surface area contributed by atoms with E-state index in [1.807, 2.05) is 0 Å². The third kappa shape index (κ3) is 6.91. The van der Waals surface area contributed by atoms with E-state index in [0.29, 0.717) is 0 Å². The van der Waals surface area contributed by atoms with Crippen LogP contribution in [0.3, 0.4) is 0 Å². The summed E-state index contributed by atoms with van der Waals surface area (Å²) in [5.74, 6) is 5.11. The van der Waals surface area contributed by atoms with E-state index < -0.39 is 0 Å². The lowest BCUT2D eigenvalue weighted by molar-refractivity contribution is 1.08. The number of hydrogen-bond donors (Lipinski definition) is 0. The van der Waals surface area contributed by atoms with Gasteiger partial charge in [0.15, 0.2) is 0 Å². The van der Waals surface area contributed by atoms with E-state index in [0.717, 1.165) is 0 Å². The molecular formula is C13H20S2. The Morgan fingerprint density at radius 3 is 2.40 bits per heavy atom. The smallest absolute Gasteiger partial charge is 0.0184 e. The SMILES string of the molecule is CCCSCCCSCc1ccccc1. The van der Waals surface area contributed by atoms with Gasteiger partial charge < -0.3 is 0 Å². The molecule has 2 heteroatoms. The summed E-state index contributed by atoms with van der Waals surface area (Å²) in [4.78, 5) is 0. The van der Waals surface area contributed by atoms with Gasteiger partial charge >= 0.3 is 0 Å². The molecule has 15 heavy (non-hydrogen) atoms. The molecule has 0 bridgehead atoms. The van der Waals surface area contributed by atoms with Crippen molar-refractivity contribution in [2.24, 2.45) is 0 Å². The van der Waals surface area contributed by atoms with Gasteiger partial charge in [0, 0.05) is 5.75 Å². The lowest BCUT2D eigenvalue weighted by Crippen LogP contribution is -1.87. The van der Waals surface area contributed by atoms with Crippen LogP contribution in [-0.4, -0.2) is 17.3 Å². The van der Waals surface area contributed by atoms with Crippen molar-refractivity contribution in [3.63, 3.8) is 0 Å². The average molecular weight is 240 g/mol. The maximum absolute atomic E-state index is 2.25. The molecule has 0 aromatic heterocycles. The summed E-state index contributed by atoms with van der Waals surface area (Å²) in [6.45, 7) is 2.25. The highest BCUT2D eigenvalue weighted by Crippen LogP contribution is 2.14. The normalized spacial score (nSPS) is 10.5. The van der Waals surface area contributed by atoms with Crippen molar-refractivity contribution in [3.8, 4) is 0 Å². The van der Waals surface area contributed by atoms with E-state index >= 15 is 0 Å². The molecule has 0 spiro atoms. The minimum atomic E-state index is 1.17. The van der Waals surface area contributed by atoms with Crippen molar-refractivity contribution in [1.29, 1.82) is 0 Å². The summed E-state index contributed by atoms with van der Waals surface area (Å²) in [5.41, 5.74) is 1.45. The molecule has 0 radical (unpaired) electrons. The van der Waals surface area contributed by atoms with Crippen molar-refractivity contribution in [1.82, 2.24) is 0 Å². The van der Waals surface area contributed by atoms with Crippen LogP contribution in [0, 0.1) is 0 Å². The number of hydrogen-bond acceptors (Lipinski definition) is 2. The molecule has 1 aromatic carbocycles. The molecule has 0 N–H and O–H groups in total. The van der Waals surface area contributed by atoms with E-state index in [9.17, 15) is 0 Å². The van der Waals surface area contributed by atoms with Gasteiger partial charge in [-0.25, -0.2) is 0 Å².